The van der Waals surface area contributed by atoms with E-state index in [1.54, 1.807) is 53.7 Å². The number of benzene rings is 1. The van der Waals surface area contributed by atoms with E-state index in [4.69, 9.17) is 18.9 Å². The number of hydrogen-bond donors (Lipinski definition) is 0. The van der Waals surface area contributed by atoms with Crippen molar-refractivity contribution in [1.29, 1.82) is 0 Å². The second-order valence-electron chi connectivity index (χ2n) is 9.05. The average Bonchev–Trinajstić information content (AvgIpc) is 2.66. The molecule has 1 aromatic carbocycles. The zero-order valence-corrected chi connectivity index (χ0v) is 19.8. The highest BCUT2D eigenvalue weighted by Crippen LogP contribution is 2.20. The number of imide groups is 1. The number of ether oxygens (including phenoxy) is 4. The fourth-order valence-corrected chi connectivity index (χ4v) is 2.50. The molecule has 0 saturated carbocycles. The summed E-state index contributed by atoms with van der Waals surface area (Å²) in [5.41, 5.74) is -1.08. The largest absolute Gasteiger partial charge is 0.467 e. The number of carbonyl (C=O) groups excluding carboxylic acids is 4. The Bertz CT molecular complexity index is 764. The van der Waals surface area contributed by atoms with E-state index in [0.717, 1.165) is 12.7 Å². The van der Waals surface area contributed by atoms with Crippen LogP contribution in [0.3, 0.4) is 0 Å². The van der Waals surface area contributed by atoms with Gasteiger partial charge in [-0.05, 0) is 53.5 Å². The molecule has 0 aliphatic rings. The topological polar surface area (TPSA) is 108 Å². The molecule has 0 aromatic heterocycles. The highest BCUT2D eigenvalue weighted by molar-refractivity contribution is 5.94. The van der Waals surface area contributed by atoms with Crippen molar-refractivity contribution in [1.82, 2.24) is 4.90 Å². The molecular weight excluding hydrogens is 418 g/mol. The van der Waals surface area contributed by atoms with Crippen LogP contribution in [0.15, 0.2) is 30.3 Å². The Hall–Kier alpha value is -3.10. The molecule has 0 N–H and O–H groups in total. The van der Waals surface area contributed by atoms with Gasteiger partial charge in [0.2, 0.25) is 0 Å². The molecule has 178 valence electrons. The Balaban J connectivity index is 3.01. The predicted molar refractivity (Wildman–Crippen MR) is 116 cm³/mol. The molecule has 0 spiro atoms. The van der Waals surface area contributed by atoms with Crippen LogP contribution in [0, 0.1) is 0 Å². The van der Waals surface area contributed by atoms with E-state index in [2.05, 4.69) is 0 Å². The zero-order valence-electron chi connectivity index (χ0n) is 19.8. The first-order valence-electron chi connectivity index (χ1n) is 10.3. The van der Waals surface area contributed by atoms with E-state index in [1.807, 2.05) is 18.2 Å². The van der Waals surface area contributed by atoms with Gasteiger partial charge in [-0.1, -0.05) is 30.3 Å². The van der Waals surface area contributed by atoms with E-state index in [1.165, 1.54) is 0 Å². The third-order valence-corrected chi connectivity index (χ3v) is 3.83. The molecule has 32 heavy (non-hydrogen) atoms. The molecule has 1 aromatic rings. The molecule has 1 rings (SSSR count). The lowest BCUT2D eigenvalue weighted by molar-refractivity contribution is -0.149. The summed E-state index contributed by atoms with van der Waals surface area (Å²) in [6, 6.07) is 7.64. The van der Waals surface area contributed by atoms with E-state index in [0.29, 0.717) is 4.90 Å². The molecule has 0 unspecified atom stereocenters. The van der Waals surface area contributed by atoms with Gasteiger partial charge in [0.25, 0.3) is 0 Å². The van der Waals surface area contributed by atoms with Crippen LogP contribution in [0.4, 0.5) is 9.59 Å². The lowest BCUT2D eigenvalue weighted by atomic mass is 10.1. The lowest BCUT2D eigenvalue weighted by Gasteiger charge is -2.32. The first-order chi connectivity index (χ1) is 14.7. The molecule has 0 fully saturated rings. The summed E-state index contributed by atoms with van der Waals surface area (Å²) in [5, 5.41) is 0. The summed E-state index contributed by atoms with van der Waals surface area (Å²) in [6.07, 6.45) is -2.63. The second-order valence-corrected chi connectivity index (χ2v) is 9.05. The number of hydrogen-bond acceptors (Lipinski definition) is 8. The third-order valence-electron chi connectivity index (χ3n) is 3.83. The van der Waals surface area contributed by atoms with Crippen molar-refractivity contribution in [3.8, 4) is 0 Å². The SMILES string of the molecule is COC(=O)[C@H](CCC(=O)OCc1ccccc1)N(C(=O)OC(C)(C)C)C(=O)OC(C)(C)C. The standard InChI is InChI=1S/C23H33NO8/c1-22(2,3)31-20(27)24(21(28)32-23(4,5)6)17(19(26)29-7)13-14-18(25)30-15-16-11-9-8-10-12-16/h8-12,17H,13-15H2,1-7H3/t17-/m0/s1. The maximum absolute atomic E-state index is 12.8. The van der Waals surface area contributed by atoms with E-state index in [9.17, 15) is 19.2 Å². The van der Waals surface area contributed by atoms with Crippen molar-refractivity contribution < 1.29 is 38.1 Å². The van der Waals surface area contributed by atoms with Crippen LogP contribution >= 0.6 is 0 Å². The minimum Gasteiger partial charge on any atom is -0.467 e. The molecule has 0 aliphatic heterocycles. The van der Waals surface area contributed by atoms with Gasteiger partial charge < -0.3 is 18.9 Å². The summed E-state index contributed by atoms with van der Waals surface area (Å²) in [4.78, 5) is 50.8. The molecule has 0 aliphatic carbocycles. The monoisotopic (exact) mass is 451 g/mol. The van der Waals surface area contributed by atoms with Crippen molar-refractivity contribution in [3.05, 3.63) is 35.9 Å². The van der Waals surface area contributed by atoms with Gasteiger partial charge >= 0.3 is 24.1 Å². The fraction of sp³-hybridized carbons (Fsp3) is 0.565. The van der Waals surface area contributed by atoms with Crippen LogP contribution in [0.2, 0.25) is 0 Å². The van der Waals surface area contributed by atoms with Gasteiger partial charge in [0.05, 0.1) is 7.11 Å². The van der Waals surface area contributed by atoms with Gasteiger partial charge in [-0.2, -0.15) is 4.90 Å². The maximum Gasteiger partial charge on any atom is 0.420 e. The summed E-state index contributed by atoms with van der Waals surface area (Å²) >= 11 is 0. The Morgan fingerprint density at radius 3 is 1.81 bits per heavy atom. The van der Waals surface area contributed by atoms with Gasteiger partial charge in [-0.25, -0.2) is 14.4 Å². The number of rotatable bonds is 7. The molecule has 0 heterocycles. The number of nitrogens with zero attached hydrogens (tertiary/aromatic N) is 1. The maximum atomic E-state index is 12.8. The number of carbonyl (C=O) groups is 4. The van der Waals surface area contributed by atoms with E-state index in [-0.39, 0.29) is 19.4 Å². The van der Waals surface area contributed by atoms with Gasteiger partial charge in [-0.3, -0.25) is 4.79 Å². The molecule has 0 radical (unpaired) electrons. The fourth-order valence-electron chi connectivity index (χ4n) is 2.50. The highest BCUT2D eigenvalue weighted by atomic mass is 16.6. The normalized spacial score (nSPS) is 12.3. The Morgan fingerprint density at radius 1 is 0.875 bits per heavy atom. The highest BCUT2D eigenvalue weighted by Gasteiger charge is 2.41. The van der Waals surface area contributed by atoms with Crippen molar-refractivity contribution in [2.24, 2.45) is 0 Å². The van der Waals surface area contributed by atoms with Crippen molar-refractivity contribution in [2.45, 2.75) is 78.2 Å². The Kier molecular flexibility index (Phi) is 9.68. The van der Waals surface area contributed by atoms with Crippen LogP contribution in [-0.4, -0.2) is 53.4 Å². The minimum absolute atomic E-state index is 0.0599. The molecule has 0 bridgehead atoms. The number of amides is 2. The minimum atomic E-state index is -1.44. The molecule has 1 atom stereocenters. The molecular formula is C23H33NO8. The third kappa shape index (κ3) is 9.80. The summed E-state index contributed by atoms with van der Waals surface area (Å²) in [7, 11) is 1.12. The van der Waals surface area contributed by atoms with Crippen molar-refractivity contribution >= 4 is 24.1 Å². The first-order valence-corrected chi connectivity index (χ1v) is 10.3. The summed E-state index contributed by atoms with van der Waals surface area (Å²) < 4.78 is 20.5. The van der Waals surface area contributed by atoms with Crippen molar-refractivity contribution in [2.75, 3.05) is 7.11 Å². The van der Waals surface area contributed by atoms with Crippen molar-refractivity contribution in [3.63, 3.8) is 0 Å². The lowest BCUT2D eigenvalue weighted by Crippen LogP contribution is -2.52. The Morgan fingerprint density at radius 2 is 1.38 bits per heavy atom. The zero-order chi connectivity index (χ0) is 24.5. The van der Waals surface area contributed by atoms with E-state index < -0.39 is 41.4 Å². The number of methoxy groups -OCH3 is 1. The van der Waals surface area contributed by atoms with Gasteiger partial charge in [-0.15, -0.1) is 0 Å². The van der Waals surface area contributed by atoms with Crippen LogP contribution in [0.1, 0.15) is 59.9 Å². The van der Waals surface area contributed by atoms with Crippen LogP contribution < -0.4 is 0 Å². The molecule has 9 heteroatoms. The summed E-state index contributed by atoms with van der Waals surface area (Å²) in [5.74, 6) is -1.49. The quantitative estimate of drug-likeness (QED) is 0.448. The number of esters is 2. The average molecular weight is 452 g/mol. The molecule has 9 nitrogen and oxygen atoms in total. The van der Waals surface area contributed by atoms with Gasteiger partial charge in [0.1, 0.15) is 23.9 Å². The van der Waals surface area contributed by atoms with Gasteiger partial charge in [0.15, 0.2) is 0 Å². The van der Waals surface area contributed by atoms with Crippen LogP contribution in [-0.2, 0) is 35.1 Å². The first kappa shape index (κ1) is 26.9. The second kappa shape index (κ2) is 11.5. The smallest absolute Gasteiger partial charge is 0.420 e. The Labute approximate surface area is 188 Å². The predicted octanol–water partition coefficient (Wildman–Crippen LogP) is 4.22. The molecule has 0 saturated heterocycles. The summed E-state index contributed by atoms with van der Waals surface area (Å²) in [6.45, 7) is 9.76. The van der Waals surface area contributed by atoms with Crippen LogP contribution in [0.25, 0.3) is 0 Å². The van der Waals surface area contributed by atoms with E-state index >= 15 is 0 Å². The molecule has 2 amide bonds. The van der Waals surface area contributed by atoms with Gasteiger partial charge in [0, 0.05) is 6.42 Å². The van der Waals surface area contributed by atoms with Crippen LogP contribution in [0.5, 0.6) is 0 Å².